The van der Waals surface area contributed by atoms with Crippen molar-refractivity contribution in [2.45, 2.75) is 18.4 Å². The highest BCUT2D eigenvalue weighted by atomic mass is 35.5. The van der Waals surface area contributed by atoms with Crippen LogP contribution in [0.3, 0.4) is 0 Å². The van der Waals surface area contributed by atoms with Crippen molar-refractivity contribution in [3.05, 3.63) is 83.1 Å². The number of anilines is 1. The van der Waals surface area contributed by atoms with E-state index < -0.39 is 15.9 Å². The Kier molecular flexibility index (Phi) is 7.27. The number of nitrogens with one attached hydrogen (secondary N) is 1. The molecule has 9 heteroatoms. The number of ether oxygens (including phenoxy) is 1. The van der Waals surface area contributed by atoms with Crippen LogP contribution in [0.4, 0.5) is 5.69 Å². The highest BCUT2D eigenvalue weighted by Gasteiger charge is 2.27. The first kappa shape index (κ1) is 22.7. The standard InChI is InChI=1S/C22H22ClN3O4S/c1-16-20(23)6-3-7-21(16)25-22(27)15-26(14-17-8-10-18(30-2)11-9-17)31(28,29)19-5-4-12-24-13-19/h3-13H,14-15H2,1-2H3,(H,25,27). The number of aromatic nitrogens is 1. The summed E-state index contributed by atoms with van der Waals surface area (Å²) in [5.74, 6) is 0.172. The lowest BCUT2D eigenvalue weighted by molar-refractivity contribution is -0.116. The van der Waals surface area contributed by atoms with Crippen LogP contribution in [0.25, 0.3) is 0 Å². The molecule has 162 valence electrons. The summed E-state index contributed by atoms with van der Waals surface area (Å²) in [6.07, 6.45) is 2.75. The van der Waals surface area contributed by atoms with E-state index in [0.717, 1.165) is 4.31 Å². The maximum atomic E-state index is 13.2. The number of hydrogen-bond acceptors (Lipinski definition) is 5. The molecule has 0 unspecified atom stereocenters. The topological polar surface area (TPSA) is 88.6 Å². The molecular formula is C22H22ClN3O4S. The third-order valence-corrected chi connectivity index (χ3v) is 6.84. The molecular weight excluding hydrogens is 438 g/mol. The molecule has 1 aromatic heterocycles. The van der Waals surface area contributed by atoms with Gasteiger partial charge in [-0.05, 0) is 54.4 Å². The maximum Gasteiger partial charge on any atom is 0.245 e. The minimum absolute atomic E-state index is 0.00314. The lowest BCUT2D eigenvalue weighted by Crippen LogP contribution is -2.37. The highest BCUT2D eigenvalue weighted by molar-refractivity contribution is 7.89. The van der Waals surface area contributed by atoms with Crippen LogP contribution >= 0.6 is 11.6 Å². The number of pyridine rings is 1. The Bertz CT molecular complexity index is 1150. The SMILES string of the molecule is COc1ccc(CN(CC(=O)Nc2cccc(Cl)c2C)S(=O)(=O)c2cccnc2)cc1. The normalized spacial score (nSPS) is 11.4. The lowest BCUT2D eigenvalue weighted by atomic mass is 10.2. The third kappa shape index (κ3) is 5.61. The van der Waals surface area contributed by atoms with Gasteiger partial charge in [-0.3, -0.25) is 9.78 Å². The number of carbonyl (C=O) groups is 1. The molecule has 0 atom stereocenters. The van der Waals surface area contributed by atoms with Crippen LogP contribution in [0, 0.1) is 6.92 Å². The van der Waals surface area contributed by atoms with Gasteiger partial charge in [-0.2, -0.15) is 4.31 Å². The first-order chi connectivity index (χ1) is 14.8. The van der Waals surface area contributed by atoms with E-state index in [9.17, 15) is 13.2 Å². The molecule has 0 aliphatic rings. The fourth-order valence-corrected chi connectivity index (χ4v) is 4.43. The molecule has 7 nitrogen and oxygen atoms in total. The van der Waals surface area contributed by atoms with Crippen molar-refractivity contribution in [2.24, 2.45) is 0 Å². The van der Waals surface area contributed by atoms with Gasteiger partial charge in [0, 0.05) is 29.6 Å². The van der Waals surface area contributed by atoms with Crippen LogP contribution in [-0.4, -0.2) is 37.3 Å². The Morgan fingerprint density at radius 1 is 1.13 bits per heavy atom. The van der Waals surface area contributed by atoms with Gasteiger partial charge in [-0.25, -0.2) is 8.42 Å². The number of halogens is 1. The summed E-state index contributed by atoms with van der Waals surface area (Å²) in [7, 11) is -2.42. The number of hydrogen-bond donors (Lipinski definition) is 1. The number of benzene rings is 2. The Morgan fingerprint density at radius 3 is 2.52 bits per heavy atom. The lowest BCUT2D eigenvalue weighted by Gasteiger charge is -2.22. The second-order valence-corrected chi connectivity index (χ2v) is 9.12. The highest BCUT2D eigenvalue weighted by Crippen LogP contribution is 2.24. The van der Waals surface area contributed by atoms with E-state index in [4.69, 9.17) is 16.3 Å². The van der Waals surface area contributed by atoms with E-state index in [-0.39, 0.29) is 18.0 Å². The van der Waals surface area contributed by atoms with Gasteiger partial charge in [0.25, 0.3) is 0 Å². The summed E-state index contributed by atoms with van der Waals surface area (Å²) in [6.45, 7) is 1.40. The predicted octanol–water partition coefficient (Wildman–Crippen LogP) is 3.88. The van der Waals surface area contributed by atoms with Gasteiger partial charge >= 0.3 is 0 Å². The van der Waals surface area contributed by atoms with Gasteiger partial charge in [0.2, 0.25) is 15.9 Å². The average Bonchev–Trinajstić information content (AvgIpc) is 2.77. The van der Waals surface area contributed by atoms with Crippen molar-refractivity contribution in [1.29, 1.82) is 0 Å². The summed E-state index contributed by atoms with van der Waals surface area (Å²) >= 11 is 6.11. The van der Waals surface area contributed by atoms with Gasteiger partial charge in [0.05, 0.1) is 13.7 Å². The Balaban J connectivity index is 1.87. The fourth-order valence-electron chi connectivity index (χ4n) is 2.90. The number of methoxy groups -OCH3 is 1. The van der Waals surface area contributed by atoms with E-state index in [1.54, 1.807) is 56.5 Å². The molecule has 0 bridgehead atoms. The van der Waals surface area contributed by atoms with Crippen molar-refractivity contribution in [3.8, 4) is 5.75 Å². The van der Waals surface area contributed by atoms with Gasteiger partial charge in [0.1, 0.15) is 10.6 Å². The molecule has 1 amide bonds. The molecule has 0 saturated heterocycles. The van der Waals surface area contributed by atoms with Crippen LogP contribution in [0.1, 0.15) is 11.1 Å². The summed E-state index contributed by atoms with van der Waals surface area (Å²) in [5.41, 5.74) is 1.94. The maximum absolute atomic E-state index is 13.2. The smallest absolute Gasteiger partial charge is 0.245 e. The zero-order chi connectivity index (χ0) is 22.4. The summed E-state index contributed by atoms with van der Waals surface area (Å²) < 4.78 is 32.7. The molecule has 0 aliphatic carbocycles. The van der Waals surface area contributed by atoms with Crippen molar-refractivity contribution in [2.75, 3.05) is 19.0 Å². The number of carbonyl (C=O) groups excluding carboxylic acids is 1. The second kappa shape index (κ2) is 9.91. The average molecular weight is 460 g/mol. The molecule has 0 spiro atoms. The summed E-state index contributed by atoms with van der Waals surface area (Å²) in [5, 5.41) is 3.25. The van der Waals surface area contributed by atoms with Gasteiger partial charge in [0.15, 0.2) is 0 Å². The second-order valence-electron chi connectivity index (χ2n) is 6.77. The molecule has 3 aromatic rings. The number of rotatable bonds is 8. The molecule has 31 heavy (non-hydrogen) atoms. The van der Waals surface area contributed by atoms with Crippen LogP contribution in [0.5, 0.6) is 5.75 Å². The van der Waals surface area contributed by atoms with Crippen LogP contribution in [-0.2, 0) is 21.4 Å². The molecule has 0 aliphatic heterocycles. The van der Waals surface area contributed by atoms with Gasteiger partial charge in [-0.1, -0.05) is 29.8 Å². The molecule has 1 N–H and O–H groups in total. The predicted molar refractivity (Wildman–Crippen MR) is 120 cm³/mol. The van der Waals surface area contributed by atoms with Crippen molar-refractivity contribution in [3.63, 3.8) is 0 Å². The van der Waals surface area contributed by atoms with Gasteiger partial charge in [-0.15, -0.1) is 0 Å². The summed E-state index contributed by atoms with van der Waals surface area (Å²) in [6, 6.07) is 15.1. The minimum atomic E-state index is -3.97. The van der Waals surface area contributed by atoms with Gasteiger partial charge < -0.3 is 10.1 Å². The van der Waals surface area contributed by atoms with E-state index in [1.165, 1.54) is 24.5 Å². The Hall–Kier alpha value is -2.94. The quantitative estimate of drug-likeness (QED) is 0.552. The van der Waals surface area contributed by atoms with E-state index in [0.29, 0.717) is 27.6 Å². The van der Waals surface area contributed by atoms with E-state index >= 15 is 0 Å². The molecule has 0 saturated carbocycles. The fraction of sp³-hybridized carbons (Fsp3) is 0.182. The molecule has 0 radical (unpaired) electrons. The number of sulfonamides is 1. The Labute approximate surface area is 186 Å². The monoisotopic (exact) mass is 459 g/mol. The van der Waals surface area contributed by atoms with Crippen molar-refractivity contribution >= 4 is 33.2 Å². The van der Waals surface area contributed by atoms with Crippen LogP contribution in [0.15, 0.2) is 71.9 Å². The largest absolute Gasteiger partial charge is 0.497 e. The Morgan fingerprint density at radius 2 is 1.87 bits per heavy atom. The molecule has 1 heterocycles. The zero-order valence-electron chi connectivity index (χ0n) is 17.1. The van der Waals surface area contributed by atoms with E-state index in [1.807, 2.05) is 0 Å². The third-order valence-electron chi connectivity index (χ3n) is 4.65. The summed E-state index contributed by atoms with van der Waals surface area (Å²) in [4.78, 5) is 16.7. The zero-order valence-corrected chi connectivity index (χ0v) is 18.7. The molecule has 0 fully saturated rings. The minimum Gasteiger partial charge on any atom is -0.497 e. The first-order valence-electron chi connectivity index (χ1n) is 9.39. The number of nitrogens with zero attached hydrogens (tertiary/aromatic N) is 2. The van der Waals surface area contributed by atoms with Crippen LogP contribution < -0.4 is 10.1 Å². The van der Waals surface area contributed by atoms with Crippen molar-refractivity contribution in [1.82, 2.24) is 9.29 Å². The first-order valence-corrected chi connectivity index (χ1v) is 11.2. The van der Waals surface area contributed by atoms with Crippen LogP contribution in [0.2, 0.25) is 5.02 Å². The number of amides is 1. The van der Waals surface area contributed by atoms with E-state index in [2.05, 4.69) is 10.3 Å². The molecule has 2 aromatic carbocycles. The van der Waals surface area contributed by atoms with Crippen molar-refractivity contribution < 1.29 is 17.9 Å². The molecule has 3 rings (SSSR count).